The van der Waals surface area contributed by atoms with Crippen molar-refractivity contribution in [1.82, 2.24) is 14.3 Å². The molecule has 2 aromatic carbocycles. The molecule has 0 amide bonds. The SMILES string of the molecule is Cc1ccc(Nc2ncc(F)c(Nc3ccc(S(=O)(=O)N(C)C)cc3)n2)cc1S(N)(=O)=O. The molecule has 0 saturated heterocycles. The van der Waals surface area contributed by atoms with E-state index in [4.69, 9.17) is 5.14 Å². The van der Waals surface area contributed by atoms with E-state index in [1.54, 1.807) is 19.1 Å². The molecule has 1 aromatic heterocycles. The molecule has 170 valence electrons. The number of nitrogens with two attached hydrogens (primary N) is 1. The first-order chi connectivity index (χ1) is 14.9. The minimum atomic E-state index is -3.92. The Hall–Kier alpha value is -3.13. The molecule has 13 heteroatoms. The van der Waals surface area contributed by atoms with Gasteiger partial charge in [0.1, 0.15) is 0 Å². The summed E-state index contributed by atoms with van der Waals surface area (Å²) in [5, 5.41) is 10.8. The number of rotatable bonds is 7. The van der Waals surface area contributed by atoms with Gasteiger partial charge in [0.25, 0.3) is 0 Å². The second-order valence-corrected chi connectivity index (χ2v) is 10.7. The van der Waals surface area contributed by atoms with E-state index in [9.17, 15) is 21.2 Å². The Morgan fingerprint density at radius 1 is 0.969 bits per heavy atom. The Morgan fingerprint density at radius 2 is 1.59 bits per heavy atom. The van der Waals surface area contributed by atoms with Crippen molar-refractivity contribution in [3.05, 3.63) is 60.0 Å². The van der Waals surface area contributed by atoms with Gasteiger partial charge in [0.2, 0.25) is 26.0 Å². The summed E-state index contributed by atoms with van der Waals surface area (Å²) in [5.41, 5.74) is 1.22. The van der Waals surface area contributed by atoms with E-state index >= 15 is 0 Å². The lowest BCUT2D eigenvalue weighted by molar-refractivity contribution is 0.521. The summed E-state index contributed by atoms with van der Waals surface area (Å²) in [6, 6.07) is 10.2. The van der Waals surface area contributed by atoms with Crippen LogP contribution in [-0.4, -0.2) is 45.2 Å². The molecule has 4 N–H and O–H groups in total. The molecular formula is C19H21FN6O4S2. The van der Waals surface area contributed by atoms with Crippen molar-refractivity contribution in [3.63, 3.8) is 0 Å². The van der Waals surface area contributed by atoms with Gasteiger partial charge >= 0.3 is 0 Å². The first-order valence-corrected chi connectivity index (χ1v) is 12.1. The third-order valence-electron chi connectivity index (χ3n) is 4.39. The summed E-state index contributed by atoms with van der Waals surface area (Å²) in [6.07, 6.45) is 0.942. The van der Waals surface area contributed by atoms with E-state index in [0.29, 0.717) is 16.9 Å². The van der Waals surface area contributed by atoms with Crippen LogP contribution in [0.2, 0.25) is 0 Å². The van der Waals surface area contributed by atoms with Crippen LogP contribution in [0.5, 0.6) is 0 Å². The van der Waals surface area contributed by atoms with E-state index < -0.39 is 25.9 Å². The standard InChI is InChI=1S/C19H21FN6O4S2/c1-12-4-5-14(10-17(12)31(21,27)28)24-19-22-11-16(20)18(25-19)23-13-6-8-15(9-7-13)32(29,30)26(2)3/h4-11H,1-3H3,(H2,21,27,28)(H2,22,23,24,25). The fraction of sp³-hybridized carbons (Fsp3) is 0.158. The molecule has 3 rings (SSSR count). The number of hydrogen-bond acceptors (Lipinski definition) is 8. The first kappa shape index (κ1) is 23.5. The lowest BCUT2D eigenvalue weighted by atomic mass is 10.2. The summed E-state index contributed by atoms with van der Waals surface area (Å²) in [7, 11) is -4.67. The van der Waals surface area contributed by atoms with Crippen molar-refractivity contribution < 1.29 is 21.2 Å². The third kappa shape index (κ3) is 5.19. The highest BCUT2D eigenvalue weighted by molar-refractivity contribution is 7.89. The second kappa shape index (κ2) is 8.78. The topological polar surface area (TPSA) is 147 Å². The maximum absolute atomic E-state index is 14.2. The molecule has 10 nitrogen and oxygen atoms in total. The Bertz CT molecular complexity index is 1360. The van der Waals surface area contributed by atoms with Crippen LogP contribution in [0.25, 0.3) is 0 Å². The molecule has 1 heterocycles. The fourth-order valence-electron chi connectivity index (χ4n) is 2.69. The van der Waals surface area contributed by atoms with Crippen molar-refractivity contribution in [3.8, 4) is 0 Å². The lowest BCUT2D eigenvalue weighted by Crippen LogP contribution is -2.22. The number of nitrogens with one attached hydrogen (secondary N) is 2. The van der Waals surface area contributed by atoms with Crippen LogP contribution in [0, 0.1) is 12.7 Å². The molecule has 0 aliphatic carbocycles. The summed E-state index contributed by atoms with van der Waals surface area (Å²) in [6.45, 7) is 1.61. The van der Waals surface area contributed by atoms with E-state index in [2.05, 4.69) is 20.6 Å². The number of aromatic nitrogens is 2. The van der Waals surface area contributed by atoms with E-state index in [-0.39, 0.29) is 21.6 Å². The van der Waals surface area contributed by atoms with Crippen LogP contribution in [0.4, 0.5) is 27.5 Å². The van der Waals surface area contributed by atoms with Gasteiger partial charge in [-0.15, -0.1) is 0 Å². The summed E-state index contributed by atoms with van der Waals surface area (Å²) < 4.78 is 63.0. The van der Waals surface area contributed by atoms with Gasteiger partial charge in [-0.05, 0) is 48.9 Å². The smallest absolute Gasteiger partial charge is 0.242 e. The van der Waals surface area contributed by atoms with Crippen LogP contribution < -0.4 is 15.8 Å². The predicted molar refractivity (Wildman–Crippen MR) is 118 cm³/mol. The van der Waals surface area contributed by atoms with Gasteiger partial charge in [0.05, 0.1) is 16.0 Å². The number of halogens is 1. The largest absolute Gasteiger partial charge is 0.338 e. The van der Waals surface area contributed by atoms with Gasteiger partial charge in [0, 0.05) is 25.5 Å². The Morgan fingerprint density at radius 3 is 2.19 bits per heavy atom. The molecule has 3 aromatic rings. The average molecular weight is 481 g/mol. The molecular weight excluding hydrogens is 459 g/mol. The van der Waals surface area contributed by atoms with Gasteiger partial charge in [0.15, 0.2) is 11.6 Å². The molecule has 0 aliphatic rings. The van der Waals surface area contributed by atoms with Crippen LogP contribution in [0.15, 0.2) is 58.5 Å². The normalized spacial score (nSPS) is 12.1. The van der Waals surface area contributed by atoms with Crippen molar-refractivity contribution in [2.75, 3.05) is 24.7 Å². The van der Waals surface area contributed by atoms with Crippen molar-refractivity contribution >= 4 is 43.2 Å². The van der Waals surface area contributed by atoms with Crippen molar-refractivity contribution in [2.24, 2.45) is 5.14 Å². The summed E-state index contributed by atoms with van der Waals surface area (Å²) in [5.74, 6) is -0.899. The predicted octanol–water partition coefficient (Wildman–Crippen LogP) is 2.31. The van der Waals surface area contributed by atoms with E-state index in [1.807, 2.05) is 0 Å². The molecule has 0 fully saturated rings. The number of sulfonamides is 2. The minimum Gasteiger partial charge on any atom is -0.338 e. The summed E-state index contributed by atoms with van der Waals surface area (Å²) >= 11 is 0. The molecule has 0 atom stereocenters. The van der Waals surface area contributed by atoms with Gasteiger partial charge in [-0.2, -0.15) is 4.98 Å². The lowest BCUT2D eigenvalue weighted by Gasteiger charge is -2.13. The van der Waals surface area contributed by atoms with E-state index in [1.165, 1.54) is 44.4 Å². The highest BCUT2D eigenvalue weighted by Gasteiger charge is 2.17. The highest BCUT2D eigenvalue weighted by atomic mass is 32.2. The molecule has 32 heavy (non-hydrogen) atoms. The number of nitrogens with zero attached hydrogens (tertiary/aromatic N) is 3. The number of benzene rings is 2. The maximum atomic E-state index is 14.2. The first-order valence-electron chi connectivity index (χ1n) is 9.10. The zero-order valence-electron chi connectivity index (χ0n) is 17.4. The molecule has 0 saturated carbocycles. The van der Waals surface area contributed by atoms with Crippen LogP contribution in [0.1, 0.15) is 5.56 Å². The van der Waals surface area contributed by atoms with Crippen LogP contribution >= 0.6 is 0 Å². The van der Waals surface area contributed by atoms with Crippen LogP contribution in [-0.2, 0) is 20.0 Å². The maximum Gasteiger partial charge on any atom is 0.242 e. The summed E-state index contributed by atoms with van der Waals surface area (Å²) in [4.78, 5) is 7.94. The van der Waals surface area contributed by atoms with Gasteiger partial charge in [-0.25, -0.2) is 35.7 Å². The molecule has 0 spiro atoms. The van der Waals surface area contributed by atoms with Crippen LogP contribution in [0.3, 0.4) is 0 Å². The molecule has 0 unspecified atom stereocenters. The highest BCUT2D eigenvalue weighted by Crippen LogP contribution is 2.24. The number of anilines is 4. The Labute approximate surface area is 185 Å². The Kier molecular flexibility index (Phi) is 6.46. The van der Waals surface area contributed by atoms with Crippen molar-refractivity contribution in [1.29, 1.82) is 0 Å². The fourth-order valence-corrected chi connectivity index (χ4v) is 4.40. The molecule has 0 radical (unpaired) electrons. The number of primary sulfonamides is 1. The van der Waals surface area contributed by atoms with E-state index in [0.717, 1.165) is 10.5 Å². The second-order valence-electron chi connectivity index (χ2n) is 6.98. The number of aryl methyl sites for hydroxylation is 1. The minimum absolute atomic E-state index is 0.00456. The molecule has 0 bridgehead atoms. The zero-order valence-corrected chi connectivity index (χ0v) is 19.0. The zero-order chi connectivity index (χ0) is 23.7. The Balaban J connectivity index is 1.84. The average Bonchev–Trinajstić information content (AvgIpc) is 2.71. The molecule has 0 aliphatic heterocycles. The number of hydrogen-bond donors (Lipinski definition) is 3. The monoisotopic (exact) mass is 480 g/mol. The van der Waals surface area contributed by atoms with Gasteiger partial charge in [-0.1, -0.05) is 6.07 Å². The van der Waals surface area contributed by atoms with Gasteiger partial charge in [-0.3, -0.25) is 0 Å². The van der Waals surface area contributed by atoms with Crippen molar-refractivity contribution in [2.45, 2.75) is 16.7 Å². The van der Waals surface area contributed by atoms with Gasteiger partial charge < -0.3 is 10.6 Å². The quantitative estimate of drug-likeness (QED) is 0.467. The third-order valence-corrected chi connectivity index (χ3v) is 7.27.